The fourth-order valence-corrected chi connectivity index (χ4v) is 3.19. The van der Waals surface area contributed by atoms with Crippen LogP contribution in [0.2, 0.25) is 0 Å². The van der Waals surface area contributed by atoms with E-state index in [1.54, 1.807) is 18.3 Å². The molecule has 3 aromatic rings. The smallest absolute Gasteiger partial charge is 0.344 e. The van der Waals surface area contributed by atoms with Gasteiger partial charge in [0.05, 0.1) is 23.7 Å². The SMILES string of the molecule is CCCCCc1ccc(-c2cnc(OC(=O)c3ccc(CCC)cc3)cn2)cc1. The van der Waals surface area contributed by atoms with Gasteiger partial charge in [-0.15, -0.1) is 0 Å². The normalized spacial score (nSPS) is 10.7. The van der Waals surface area contributed by atoms with Crippen LogP contribution >= 0.6 is 0 Å². The third-order valence-corrected chi connectivity index (χ3v) is 4.87. The molecule has 0 N–H and O–H groups in total. The van der Waals surface area contributed by atoms with Crippen molar-refractivity contribution in [2.75, 3.05) is 0 Å². The number of esters is 1. The molecular weight excluding hydrogens is 360 g/mol. The number of benzene rings is 2. The molecule has 4 nitrogen and oxygen atoms in total. The summed E-state index contributed by atoms with van der Waals surface area (Å²) >= 11 is 0. The van der Waals surface area contributed by atoms with E-state index in [4.69, 9.17) is 4.74 Å². The number of carbonyl (C=O) groups excluding carboxylic acids is 1. The lowest BCUT2D eigenvalue weighted by Crippen LogP contribution is -2.09. The zero-order chi connectivity index (χ0) is 20.5. The number of ether oxygens (including phenoxy) is 1. The molecule has 0 aliphatic heterocycles. The molecule has 0 bridgehead atoms. The van der Waals surface area contributed by atoms with E-state index in [9.17, 15) is 4.79 Å². The first-order valence-corrected chi connectivity index (χ1v) is 10.4. The quantitative estimate of drug-likeness (QED) is 0.331. The van der Waals surface area contributed by atoms with Gasteiger partial charge < -0.3 is 4.74 Å². The summed E-state index contributed by atoms with van der Waals surface area (Å²) in [6.45, 7) is 4.35. The maximum absolute atomic E-state index is 12.3. The molecular formula is C25H28N2O2. The Morgan fingerprint density at radius 3 is 2.10 bits per heavy atom. The molecule has 0 saturated carbocycles. The predicted molar refractivity (Wildman–Crippen MR) is 116 cm³/mol. The molecule has 0 spiro atoms. The number of rotatable bonds is 9. The fourth-order valence-electron chi connectivity index (χ4n) is 3.19. The number of hydrogen-bond donors (Lipinski definition) is 0. The molecule has 29 heavy (non-hydrogen) atoms. The molecule has 0 aliphatic carbocycles. The van der Waals surface area contributed by atoms with E-state index < -0.39 is 5.97 Å². The van der Waals surface area contributed by atoms with Crippen molar-refractivity contribution >= 4 is 5.97 Å². The van der Waals surface area contributed by atoms with Gasteiger partial charge >= 0.3 is 5.97 Å². The Morgan fingerprint density at radius 2 is 1.48 bits per heavy atom. The number of nitrogens with zero attached hydrogens (tertiary/aromatic N) is 2. The molecule has 150 valence electrons. The monoisotopic (exact) mass is 388 g/mol. The summed E-state index contributed by atoms with van der Waals surface area (Å²) in [5.74, 6) is -0.223. The van der Waals surface area contributed by atoms with Crippen LogP contribution in [0.25, 0.3) is 11.3 Å². The summed E-state index contributed by atoms with van der Waals surface area (Å²) in [5, 5.41) is 0. The van der Waals surface area contributed by atoms with E-state index in [0.717, 1.165) is 30.5 Å². The van der Waals surface area contributed by atoms with Gasteiger partial charge in [0, 0.05) is 5.56 Å². The summed E-state index contributed by atoms with van der Waals surface area (Å²) < 4.78 is 5.35. The molecule has 0 amide bonds. The first kappa shape index (κ1) is 20.7. The van der Waals surface area contributed by atoms with E-state index in [0.29, 0.717) is 5.56 Å². The lowest BCUT2D eigenvalue weighted by atomic mass is 10.0. The Kier molecular flexibility index (Phi) is 7.51. The van der Waals surface area contributed by atoms with Crippen molar-refractivity contribution in [2.45, 2.75) is 52.4 Å². The highest BCUT2D eigenvalue weighted by Crippen LogP contribution is 2.19. The highest BCUT2D eigenvalue weighted by molar-refractivity contribution is 5.90. The second kappa shape index (κ2) is 10.5. The molecule has 0 aliphatic rings. The lowest BCUT2D eigenvalue weighted by molar-refractivity contribution is 0.0727. The van der Waals surface area contributed by atoms with Gasteiger partial charge in [-0.2, -0.15) is 0 Å². The Hall–Kier alpha value is -3.01. The number of aromatic nitrogens is 2. The molecule has 0 saturated heterocycles. The van der Waals surface area contributed by atoms with Crippen LogP contribution in [0.15, 0.2) is 60.9 Å². The van der Waals surface area contributed by atoms with Crippen molar-refractivity contribution in [2.24, 2.45) is 0 Å². The molecule has 0 atom stereocenters. The minimum atomic E-state index is -0.425. The number of unbranched alkanes of at least 4 members (excludes halogenated alkanes) is 2. The molecule has 4 heteroatoms. The van der Waals surface area contributed by atoms with Crippen LogP contribution in [0.3, 0.4) is 0 Å². The number of hydrogen-bond acceptors (Lipinski definition) is 4. The second-order valence-corrected chi connectivity index (χ2v) is 7.23. The molecule has 0 fully saturated rings. The van der Waals surface area contributed by atoms with Crippen LogP contribution in [-0.2, 0) is 12.8 Å². The van der Waals surface area contributed by atoms with Gasteiger partial charge in [-0.05, 0) is 42.5 Å². The Labute approximate surface area is 173 Å². The average molecular weight is 389 g/mol. The van der Waals surface area contributed by atoms with Gasteiger partial charge in [0.15, 0.2) is 0 Å². The molecule has 0 radical (unpaired) electrons. The molecule has 1 aromatic heterocycles. The summed E-state index contributed by atoms with van der Waals surface area (Å²) in [5.41, 5.74) is 4.82. The van der Waals surface area contributed by atoms with E-state index in [2.05, 4.69) is 48.1 Å². The first-order chi connectivity index (χ1) is 14.2. The Morgan fingerprint density at radius 1 is 0.793 bits per heavy atom. The highest BCUT2D eigenvalue weighted by atomic mass is 16.5. The van der Waals surface area contributed by atoms with E-state index >= 15 is 0 Å². The topological polar surface area (TPSA) is 52.1 Å². The van der Waals surface area contributed by atoms with Crippen LogP contribution in [0, 0.1) is 0 Å². The number of carbonyl (C=O) groups is 1. The van der Waals surface area contributed by atoms with E-state index in [-0.39, 0.29) is 5.88 Å². The van der Waals surface area contributed by atoms with Gasteiger partial charge in [0.25, 0.3) is 0 Å². The minimum Gasteiger partial charge on any atom is -0.402 e. The number of aryl methyl sites for hydroxylation is 2. The summed E-state index contributed by atoms with van der Waals surface area (Å²) in [4.78, 5) is 20.9. The van der Waals surface area contributed by atoms with E-state index in [1.807, 2.05) is 12.1 Å². The van der Waals surface area contributed by atoms with Crippen molar-refractivity contribution in [3.05, 3.63) is 77.6 Å². The lowest BCUT2D eigenvalue weighted by Gasteiger charge is -2.06. The van der Waals surface area contributed by atoms with Crippen LogP contribution in [-0.4, -0.2) is 15.9 Å². The second-order valence-electron chi connectivity index (χ2n) is 7.23. The first-order valence-electron chi connectivity index (χ1n) is 10.4. The zero-order valence-corrected chi connectivity index (χ0v) is 17.2. The molecule has 3 rings (SSSR count). The molecule has 2 aromatic carbocycles. The maximum atomic E-state index is 12.3. The van der Waals surface area contributed by atoms with Gasteiger partial charge in [-0.3, -0.25) is 0 Å². The van der Waals surface area contributed by atoms with Crippen molar-refractivity contribution in [1.29, 1.82) is 0 Å². The van der Waals surface area contributed by atoms with Crippen molar-refractivity contribution in [3.8, 4) is 17.1 Å². The standard InChI is InChI=1S/C25H28N2O2/c1-3-5-6-8-20-9-13-21(14-10-20)23-17-27-24(18-26-23)29-25(28)22-15-11-19(7-4-2)12-16-22/h9-18H,3-8H2,1-2H3. The Balaban J connectivity index is 1.60. The third-order valence-electron chi connectivity index (χ3n) is 4.87. The van der Waals surface area contributed by atoms with Crippen molar-refractivity contribution in [1.82, 2.24) is 9.97 Å². The maximum Gasteiger partial charge on any atom is 0.344 e. The third kappa shape index (κ3) is 5.98. The fraction of sp³-hybridized carbons (Fsp3) is 0.320. The zero-order valence-electron chi connectivity index (χ0n) is 17.2. The summed E-state index contributed by atoms with van der Waals surface area (Å²) in [7, 11) is 0. The average Bonchev–Trinajstić information content (AvgIpc) is 2.76. The van der Waals surface area contributed by atoms with Crippen LogP contribution in [0.5, 0.6) is 5.88 Å². The van der Waals surface area contributed by atoms with Gasteiger partial charge in [-0.1, -0.05) is 69.5 Å². The minimum absolute atomic E-state index is 0.201. The molecule has 0 unspecified atom stereocenters. The largest absolute Gasteiger partial charge is 0.402 e. The summed E-state index contributed by atoms with van der Waals surface area (Å²) in [6, 6.07) is 15.9. The van der Waals surface area contributed by atoms with Crippen LogP contribution < -0.4 is 4.74 Å². The van der Waals surface area contributed by atoms with E-state index in [1.165, 1.54) is 36.6 Å². The van der Waals surface area contributed by atoms with Crippen LogP contribution in [0.4, 0.5) is 0 Å². The van der Waals surface area contributed by atoms with Gasteiger partial charge in [0.2, 0.25) is 5.88 Å². The van der Waals surface area contributed by atoms with Gasteiger partial charge in [-0.25, -0.2) is 14.8 Å². The molecule has 1 heterocycles. The Bertz CT molecular complexity index is 901. The highest BCUT2D eigenvalue weighted by Gasteiger charge is 2.10. The van der Waals surface area contributed by atoms with Crippen LogP contribution in [0.1, 0.15) is 61.0 Å². The van der Waals surface area contributed by atoms with Gasteiger partial charge in [0.1, 0.15) is 0 Å². The summed E-state index contributed by atoms with van der Waals surface area (Å²) in [6.07, 6.45) is 10.0. The van der Waals surface area contributed by atoms with Crippen molar-refractivity contribution < 1.29 is 9.53 Å². The predicted octanol–water partition coefficient (Wildman–Crippen LogP) is 6.05. The van der Waals surface area contributed by atoms with Crippen molar-refractivity contribution in [3.63, 3.8) is 0 Å².